The van der Waals surface area contributed by atoms with Gasteiger partial charge in [-0.15, -0.1) is 0 Å². The van der Waals surface area contributed by atoms with Crippen molar-refractivity contribution in [1.29, 1.82) is 0 Å². The van der Waals surface area contributed by atoms with Crippen molar-refractivity contribution in [2.24, 2.45) is 0 Å². The lowest BCUT2D eigenvalue weighted by molar-refractivity contribution is -0.152. The van der Waals surface area contributed by atoms with Crippen molar-refractivity contribution < 1.29 is 14.3 Å². The first-order chi connectivity index (χ1) is 9.76. The van der Waals surface area contributed by atoms with Gasteiger partial charge in [0.15, 0.2) is 0 Å². The number of nitrogens with zero attached hydrogens (tertiary/aromatic N) is 1. The van der Waals surface area contributed by atoms with Crippen molar-refractivity contribution in [2.75, 3.05) is 26.2 Å². The molecule has 2 aliphatic rings. The molecule has 108 valence electrons. The van der Waals surface area contributed by atoms with E-state index in [-0.39, 0.29) is 11.6 Å². The Morgan fingerprint density at radius 3 is 2.85 bits per heavy atom. The fourth-order valence-electron chi connectivity index (χ4n) is 3.15. The van der Waals surface area contributed by atoms with Gasteiger partial charge in [0.05, 0.1) is 0 Å². The summed E-state index contributed by atoms with van der Waals surface area (Å²) in [5, 5.41) is 0. The molecule has 0 aromatic heterocycles. The van der Waals surface area contributed by atoms with E-state index in [1.165, 1.54) is 0 Å². The fourth-order valence-corrected chi connectivity index (χ4v) is 3.15. The van der Waals surface area contributed by atoms with Gasteiger partial charge in [0.2, 0.25) is 0 Å². The molecule has 4 nitrogen and oxygen atoms in total. The number of benzene rings is 1. The maximum Gasteiger partial charge on any atom is 0.306 e. The predicted molar refractivity (Wildman–Crippen MR) is 75.7 cm³/mol. The molecule has 0 N–H and O–H groups in total. The summed E-state index contributed by atoms with van der Waals surface area (Å²) < 4.78 is 11.3. The van der Waals surface area contributed by atoms with Crippen LogP contribution in [-0.2, 0) is 9.53 Å². The normalized spacial score (nSPS) is 26.7. The Labute approximate surface area is 119 Å². The number of piperidine rings is 1. The number of hydrogen-bond acceptors (Lipinski definition) is 4. The van der Waals surface area contributed by atoms with Crippen LogP contribution in [0.3, 0.4) is 0 Å². The van der Waals surface area contributed by atoms with Crippen LogP contribution >= 0.6 is 0 Å². The highest BCUT2D eigenvalue weighted by Crippen LogP contribution is 2.34. The van der Waals surface area contributed by atoms with E-state index < -0.39 is 0 Å². The molecule has 1 atom stereocenters. The molecule has 1 aromatic carbocycles. The van der Waals surface area contributed by atoms with Gasteiger partial charge < -0.3 is 9.47 Å². The van der Waals surface area contributed by atoms with Gasteiger partial charge in [0.25, 0.3) is 0 Å². The monoisotopic (exact) mass is 275 g/mol. The molecule has 0 unspecified atom stereocenters. The number of carbonyl (C=O) groups excluding carboxylic acids is 1. The highest BCUT2D eigenvalue weighted by molar-refractivity contribution is 5.72. The average molecular weight is 275 g/mol. The summed E-state index contributed by atoms with van der Waals surface area (Å²) in [5.74, 6) is 0.874. The van der Waals surface area contributed by atoms with Gasteiger partial charge in [0.1, 0.15) is 18.0 Å². The molecule has 0 radical (unpaired) electrons. The summed E-state index contributed by atoms with van der Waals surface area (Å²) in [7, 11) is 0. The van der Waals surface area contributed by atoms with Crippen LogP contribution in [0.1, 0.15) is 25.7 Å². The Balaban J connectivity index is 1.47. The quantitative estimate of drug-likeness (QED) is 0.790. The van der Waals surface area contributed by atoms with E-state index in [9.17, 15) is 4.79 Å². The molecule has 2 fully saturated rings. The predicted octanol–water partition coefficient (Wildman–Crippen LogP) is 2.24. The molecule has 0 bridgehead atoms. The first-order valence-corrected chi connectivity index (χ1v) is 7.38. The zero-order valence-electron chi connectivity index (χ0n) is 11.7. The second kappa shape index (κ2) is 5.83. The first-order valence-electron chi connectivity index (χ1n) is 7.38. The third kappa shape index (κ3) is 3.12. The molecule has 2 heterocycles. The summed E-state index contributed by atoms with van der Waals surface area (Å²) in [5.41, 5.74) is -0.206. The van der Waals surface area contributed by atoms with Crippen LogP contribution in [0.15, 0.2) is 30.3 Å². The Bertz CT molecular complexity index is 462. The summed E-state index contributed by atoms with van der Waals surface area (Å²) in [6.07, 6.45) is 3.56. The van der Waals surface area contributed by atoms with Gasteiger partial charge in [-0.1, -0.05) is 18.2 Å². The molecule has 0 aliphatic carbocycles. The highest BCUT2D eigenvalue weighted by Gasteiger charge is 2.43. The van der Waals surface area contributed by atoms with E-state index in [1.54, 1.807) is 0 Å². The second-order valence-electron chi connectivity index (χ2n) is 5.70. The molecule has 0 saturated carbocycles. The molecule has 3 rings (SSSR count). The van der Waals surface area contributed by atoms with Gasteiger partial charge in [-0.2, -0.15) is 0 Å². The number of hydrogen-bond donors (Lipinski definition) is 0. The molecule has 1 aromatic rings. The van der Waals surface area contributed by atoms with E-state index in [2.05, 4.69) is 4.90 Å². The summed E-state index contributed by atoms with van der Waals surface area (Å²) in [6, 6.07) is 9.87. The van der Waals surface area contributed by atoms with Crippen molar-refractivity contribution >= 4 is 5.97 Å². The summed E-state index contributed by atoms with van der Waals surface area (Å²) in [6.45, 7) is 3.48. The van der Waals surface area contributed by atoms with Gasteiger partial charge in [-0.25, -0.2) is 0 Å². The van der Waals surface area contributed by atoms with E-state index in [1.807, 2.05) is 30.3 Å². The lowest BCUT2D eigenvalue weighted by Gasteiger charge is -2.38. The first kappa shape index (κ1) is 13.4. The van der Waals surface area contributed by atoms with E-state index in [0.717, 1.165) is 44.6 Å². The van der Waals surface area contributed by atoms with E-state index in [4.69, 9.17) is 9.47 Å². The largest absolute Gasteiger partial charge is 0.492 e. The lowest BCUT2D eigenvalue weighted by atomic mass is 9.90. The Hall–Kier alpha value is -1.55. The van der Waals surface area contributed by atoms with Crippen LogP contribution in [0.2, 0.25) is 0 Å². The van der Waals surface area contributed by atoms with Gasteiger partial charge >= 0.3 is 5.97 Å². The van der Waals surface area contributed by atoms with Gasteiger partial charge in [0, 0.05) is 19.5 Å². The van der Waals surface area contributed by atoms with Crippen molar-refractivity contribution in [3.05, 3.63) is 30.3 Å². The summed E-state index contributed by atoms with van der Waals surface area (Å²) >= 11 is 0. The maximum absolute atomic E-state index is 11.4. The Morgan fingerprint density at radius 1 is 1.25 bits per heavy atom. The smallest absolute Gasteiger partial charge is 0.306 e. The third-order valence-corrected chi connectivity index (χ3v) is 4.15. The van der Waals surface area contributed by atoms with E-state index >= 15 is 0 Å². The number of carbonyl (C=O) groups is 1. The van der Waals surface area contributed by atoms with Crippen molar-refractivity contribution in [2.45, 2.75) is 31.3 Å². The molecule has 0 amide bonds. The van der Waals surface area contributed by atoms with Gasteiger partial charge in [-0.3, -0.25) is 9.69 Å². The minimum absolute atomic E-state index is 0.0348. The standard InChI is InChI=1S/C16H21NO3/c18-15-7-9-16(20-15)8-4-10-17(13-16)11-12-19-14-5-2-1-3-6-14/h1-3,5-6H,4,7-13H2/t16-/m1/s1. The molecule has 2 aliphatic heterocycles. The minimum Gasteiger partial charge on any atom is -0.492 e. The number of para-hydroxylation sites is 1. The number of esters is 1. The topological polar surface area (TPSA) is 38.8 Å². The van der Waals surface area contributed by atoms with Crippen molar-refractivity contribution in [1.82, 2.24) is 4.90 Å². The maximum atomic E-state index is 11.4. The van der Waals surface area contributed by atoms with Crippen LogP contribution in [0.5, 0.6) is 5.75 Å². The highest BCUT2D eigenvalue weighted by atomic mass is 16.6. The SMILES string of the molecule is O=C1CC[C@@]2(CCCN(CCOc3ccccc3)C2)O1. The molecule has 4 heteroatoms. The zero-order chi connectivity index (χ0) is 13.8. The van der Waals surface area contributed by atoms with Crippen LogP contribution in [0, 0.1) is 0 Å². The Morgan fingerprint density at radius 2 is 2.10 bits per heavy atom. The molecule has 1 spiro atoms. The molecule has 20 heavy (non-hydrogen) atoms. The second-order valence-corrected chi connectivity index (χ2v) is 5.70. The average Bonchev–Trinajstić information content (AvgIpc) is 2.81. The number of likely N-dealkylation sites (tertiary alicyclic amines) is 1. The summed E-state index contributed by atoms with van der Waals surface area (Å²) in [4.78, 5) is 13.7. The molecular formula is C16H21NO3. The van der Waals surface area contributed by atoms with Gasteiger partial charge in [-0.05, 0) is 37.9 Å². The molecule has 2 saturated heterocycles. The fraction of sp³-hybridized carbons (Fsp3) is 0.562. The minimum atomic E-state index is -0.206. The van der Waals surface area contributed by atoms with Crippen LogP contribution in [0.4, 0.5) is 0 Å². The van der Waals surface area contributed by atoms with Crippen molar-refractivity contribution in [3.8, 4) is 5.75 Å². The van der Waals surface area contributed by atoms with Crippen LogP contribution in [-0.4, -0.2) is 42.7 Å². The number of ether oxygens (including phenoxy) is 2. The van der Waals surface area contributed by atoms with Crippen LogP contribution in [0.25, 0.3) is 0 Å². The van der Waals surface area contributed by atoms with Crippen molar-refractivity contribution in [3.63, 3.8) is 0 Å². The zero-order valence-corrected chi connectivity index (χ0v) is 11.7. The van der Waals surface area contributed by atoms with Crippen LogP contribution < -0.4 is 4.74 Å². The third-order valence-electron chi connectivity index (χ3n) is 4.15. The number of rotatable bonds is 4. The lowest BCUT2D eigenvalue weighted by Crippen LogP contribution is -2.49. The molecular weight excluding hydrogens is 254 g/mol. The Kier molecular flexibility index (Phi) is 3.92. The van der Waals surface area contributed by atoms with E-state index in [0.29, 0.717) is 13.0 Å².